The summed E-state index contributed by atoms with van der Waals surface area (Å²) in [6, 6.07) is 13.6. The number of carbonyl (C=O) groups excluding carboxylic acids is 2. The number of carbonyl (C=O) groups is 2. The van der Waals surface area contributed by atoms with E-state index in [0.717, 1.165) is 21.7 Å². The van der Waals surface area contributed by atoms with Gasteiger partial charge in [-0.25, -0.2) is 8.42 Å². The van der Waals surface area contributed by atoms with Crippen molar-refractivity contribution in [3.63, 3.8) is 0 Å². The molecule has 2 rings (SSSR count). The van der Waals surface area contributed by atoms with E-state index in [1.165, 1.54) is 4.90 Å². The molecule has 0 spiro atoms. The van der Waals surface area contributed by atoms with Crippen LogP contribution in [0.5, 0.6) is 5.75 Å². The average molecular weight is 518 g/mol. The smallest absolute Gasteiger partial charge is 0.244 e. The summed E-state index contributed by atoms with van der Waals surface area (Å²) in [5.41, 5.74) is 2.04. The molecule has 9 heteroatoms. The molecule has 0 radical (unpaired) electrons. The third kappa shape index (κ3) is 7.98. The predicted molar refractivity (Wildman–Crippen MR) is 144 cm³/mol. The topological polar surface area (TPSA) is 96.0 Å². The molecule has 8 nitrogen and oxygen atoms in total. The molecule has 1 atom stereocenters. The molecule has 36 heavy (non-hydrogen) atoms. The van der Waals surface area contributed by atoms with Gasteiger partial charge in [0.1, 0.15) is 18.3 Å². The van der Waals surface area contributed by atoms with Crippen LogP contribution in [-0.4, -0.2) is 57.6 Å². The van der Waals surface area contributed by atoms with Crippen LogP contribution < -0.4 is 14.4 Å². The summed E-state index contributed by atoms with van der Waals surface area (Å²) in [4.78, 5) is 28.1. The van der Waals surface area contributed by atoms with Crippen molar-refractivity contribution < 1.29 is 22.7 Å². The number of sulfonamides is 1. The van der Waals surface area contributed by atoms with Gasteiger partial charge >= 0.3 is 0 Å². The van der Waals surface area contributed by atoms with Crippen molar-refractivity contribution in [2.24, 2.45) is 5.92 Å². The van der Waals surface area contributed by atoms with Gasteiger partial charge in [-0.3, -0.25) is 13.9 Å². The highest BCUT2D eigenvalue weighted by molar-refractivity contribution is 7.92. The van der Waals surface area contributed by atoms with Crippen molar-refractivity contribution in [1.29, 1.82) is 0 Å². The zero-order valence-corrected chi connectivity index (χ0v) is 23.1. The lowest BCUT2D eigenvalue weighted by Gasteiger charge is -2.32. The Morgan fingerprint density at radius 1 is 1.00 bits per heavy atom. The van der Waals surface area contributed by atoms with Gasteiger partial charge in [0.25, 0.3) is 0 Å². The first kappa shape index (κ1) is 29.2. The fraction of sp³-hybridized carbons (Fsp3) is 0.481. The minimum absolute atomic E-state index is 0.0502. The van der Waals surface area contributed by atoms with Crippen molar-refractivity contribution in [2.75, 3.05) is 30.8 Å². The highest BCUT2D eigenvalue weighted by Crippen LogP contribution is 2.29. The zero-order valence-electron chi connectivity index (χ0n) is 22.3. The minimum atomic E-state index is -3.79. The quantitative estimate of drug-likeness (QED) is 0.462. The molecule has 0 aliphatic rings. The highest BCUT2D eigenvalue weighted by Gasteiger charge is 2.31. The fourth-order valence-electron chi connectivity index (χ4n) is 3.80. The SMILES string of the molecule is COc1cccc(CN(C(=O)CN(c2ccccc2C(C)C)S(C)(=O)=O)[C@@H](C)C(=O)NCC(C)C)c1. The summed E-state index contributed by atoms with van der Waals surface area (Å²) in [7, 11) is -2.23. The van der Waals surface area contributed by atoms with Crippen LogP contribution in [0, 0.1) is 5.92 Å². The van der Waals surface area contributed by atoms with E-state index in [1.54, 1.807) is 38.3 Å². The molecule has 0 aromatic heterocycles. The number of anilines is 1. The number of methoxy groups -OCH3 is 1. The van der Waals surface area contributed by atoms with Crippen molar-refractivity contribution in [3.8, 4) is 5.75 Å². The van der Waals surface area contributed by atoms with E-state index in [2.05, 4.69) is 5.32 Å². The molecule has 0 fully saturated rings. The van der Waals surface area contributed by atoms with E-state index in [1.807, 2.05) is 52.0 Å². The number of hydrogen-bond donors (Lipinski definition) is 1. The third-order valence-corrected chi connectivity index (χ3v) is 6.97. The van der Waals surface area contributed by atoms with Gasteiger partial charge in [0.15, 0.2) is 0 Å². The maximum atomic E-state index is 13.7. The number of ether oxygens (including phenoxy) is 1. The Morgan fingerprint density at radius 3 is 2.25 bits per heavy atom. The zero-order chi connectivity index (χ0) is 27.0. The third-order valence-electron chi connectivity index (χ3n) is 5.85. The maximum Gasteiger partial charge on any atom is 0.244 e. The molecule has 2 amide bonds. The van der Waals surface area contributed by atoms with Crippen LogP contribution in [0.3, 0.4) is 0 Å². The molecule has 0 saturated heterocycles. The molecular formula is C27H39N3O5S. The van der Waals surface area contributed by atoms with Crippen molar-refractivity contribution in [1.82, 2.24) is 10.2 Å². The van der Waals surface area contributed by atoms with E-state index in [9.17, 15) is 18.0 Å². The molecule has 0 aliphatic heterocycles. The van der Waals surface area contributed by atoms with E-state index < -0.39 is 28.5 Å². The second-order valence-corrected chi connectivity index (χ2v) is 11.6. The number of hydrogen-bond acceptors (Lipinski definition) is 5. The van der Waals surface area contributed by atoms with E-state index in [4.69, 9.17) is 4.74 Å². The standard InChI is InChI=1S/C27H39N3O5S/c1-19(2)16-28-27(32)21(5)29(17-22-11-10-12-23(15-22)35-6)26(31)18-30(36(7,33)34)25-14-9-8-13-24(25)20(3)4/h8-15,19-21H,16-18H2,1-7H3,(H,28,32)/t21-/m0/s1. The second kappa shape index (κ2) is 12.8. The first-order valence-electron chi connectivity index (χ1n) is 12.1. The Hall–Kier alpha value is -3.07. The summed E-state index contributed by atoms with van der Waals surface area (Å²) < 4.78 is 32.1. The number of benzene rings is 2. The van der Waals surface area contributed by atoms with Crippen LogP contribution in [0.2, 0.25) is 0 Å². The lowest BCUT2D eigenvalue weighted by molar-refractivity contribution is -0.139. The first-order chi connectivity index (χ1) is 16.8. The number of rotatable bonds is 12. The normalized spacial score (nSPS) is 12.4. The molecule has 0 aliphatic carbocycles. The van der Waals surface area contributed by atoms with Gasteiger partial charge in [-0.05, 0) is 48.1 Å². The predicted octanol–water partition coefficient (Wildman–Crippen LogP) is 3.77. The van der Waals surface area contributed by atoms with Gasteiger partial charge in [0.2, 0.25) is 21.8 Å². The van der Waals surface area contributed by atoms with Gasteiger partial charge in [-0.15, -0.1) is 0 Å². The van der Waals surface area contributed by atoms with Gasteiger partial charge in [-0.1, -0.05) is 58.0 Å². The summed E-state index contributed by atoms with van der Waals surface area (Å²) in [6.07, 6.45) is 1.09. The van der Waals surface area contributed by atoms with Crippen LogP contribution in [0.15, 0.2) is 48.5 Å². The molecule has 0 bridgehead atoms. The lowest BCUT2D eigenvalue weighted by Crippen LogP contribution is -2.51. The number of nitrogens with one attached hydrogen (secondary N) is 1. The van der Waals surface area contributed by atoms with Crippen molar-refractivity contribution in [2.45, 2.75) is 53.1 Å². The minimum Gasteiger partial charge on any atom is -0.497 e. The first-order valence-corrected chi connectivity index (χ1v) is 14.0. The maximum absolute atomic E-state index is 13.7. The van der Waals surface area contributed by atoms with E-state index >= 15 is 0 Å². The van der Waals surface area contributed by atoms with Gasteiger partial charge in [0, 0.05) is 13.1 Å². The summed E-state index contributed by atoms with van der Waals surface area (Å²) in [5, 5.41) is 2.88. The molecule has 0 unspecified atom stereocenters. The Labute approximate surface area is 215 Å². The van der Waals surface area contributed by atoms with Crippen LogP contribution in [0.1, 0.15) is 51.7 Å². The van der Waals surface area contributed by atoms with Gasteiger partial charge in [-0.2, -0.15) is 0 Å². The molecule has 2 aromatic rings. The summed E-state index contributed by atoms with van der Waals surface area (Å²) in [5.74, 6) is 0.147. The Kier molecular flexibility index (Phi) is 10.3. The van der Waals surface area contributed by atoms with Crippen LogP contribution >= 0.6 is 0 Å². The van der Waals surface area contributed by atoms with Crippen LogP contribution in [-0.2, 0) is 26.2 Å². The lowest BCUT2D eigenvalue weighted by atomic mass is 10.0. The largest absolute Gasteiger partial charge is 0.497 e. The highest BCUT2D eigenvalue weighted by atomic mass is 32.2. The monoisotopic (exact) mass is 517 g/mol. The molecule has 198 valence electrons. The Morgan fingerprint density at radius 2 is 1.67 bits per heavy atom. The summed E-state index contributed by atoms with van der Waals surface area (Å²) in [6.45, 7) is 9.74. The van der Waals surface area contributed by atoms with Crippen LogP contribution in [0.4, 0.5) is 5.69 Å². The molecular weight excluding hydrogens is 478 g/mol. The van der Waals surface area contributed by atoms with Crippen molar-refractivity contribution in [3.05, 3.63) is 59.7 Å². The summed E-state index contributed by atoms with van der Waals surface area (Å²) >= 11 is 0. The molecule has 0 heterocycles. The Balaban J connectivity index is 2.45. The number of amides is 2. The second-order valence-electron chi connectivity index (χ2n) is 9.67. The molecule has 2 aromatic carbocycles. The van der Waals surface area contributed by atoms with Crippen LogP contribution in [0.25, 0.3) is 0 Å². The fourth-order valence-corrected chi connectivity index (χ4v) is 4.67. The van der Waals surface area contributed by atoms with E-state index in [-0.39, 0.29) is 24.3 Å². The van der Waals surface area contributed by atoms with Crippen molar-refractivity contribution >= 4 is 27.5 Å². The van der Waals surface area contributed by atoms with Gasteiger partial charge < -0.3 is 15.0 Å². The van der Waals surface area contributed by atoms with Gasteiger partial charge in [0.05, 0.1) is 19.1 Å². The molecule has 1 N–H and O–H groups in total. The molecule has 0 saturated carbocycles. The Bertz CT molecular complexity index is 1150. The average Bonchev–Trinajstić information content (AvgIpc) is 2.83. The number of para-hydroxylation sites is 1. The number of nitrogens with zero attached hydrogens (tertiary/aromatic N) is 2. The van der Waals surface area contributed by atoms with E-state index in [0.29, 0.717) is 18.0 Å².